The lowest BCUT2D eigenvalue weighted by Crippen LogP contribution is -2.59. The molecule has 3 aliphatic rings. The molecule has 0 unspecified atom stereocenters. The summed E-state index contributed by atoms with van der Waals surface area (Å²) >= 11 is 0. The van der Waals surface area contributed by atoms with Crippen molar-refractivity contribution >= 4 is 0 Å². The summed E-state index contributed by atoms with van der Waals surface area (Å²) in [6.07, 6.45) is 4.95. The predicted molar refractivity (Wildman–Crippen MR) is 72.2 cm³/mol. The summed E-state index contributed by atoms with van der Waals surface area (Å²) in [7, 11) is 0. The lowest BCUT2D eigenvalue weighted by Gasteiger charge is -2.55. The van der Waals surface area contributed by atoms with Crippen LogP contribution in [0.3, 0.4) is 0 Å². The lowest BCUT2D eigenvalue weighted by atomic mass is 9.60. The largest absolute Gasteiger partial charge is 0.352 e. The van der Waals surface area contributed by atoms with Crippen molar-refractivity contribution in [2.24, 2.45) is 22.7 Å². The van der Waals surface area contributed by atoms with Gasteiger partial charge in [0.15, 0.2) is 6.29 Å². The van der Waals surface area contributed by atoms with E-state index in [1.165, 1.54) is 19.3 Å². The molecule has 2 heteroatoms. The molecule has 0 N–H and O–H groups in total. The third-order valence-electron chi connectivity index (χ3n) is 6.92. The van der Waals surface area contributed by atoms with E-state index in [0.29, 0.717) is 16.7 Å². The van der Waals surface area contributed by atoms with Gasteiger partial charge in [0, 0.05) is 11.3 Å². The van der Waals surface area contributed by atoms with Crippen molar-refractivity contribution in [3.05, 3.63) is 0 Å². The Labute approximate surface area is 111 Å². The SMILES string of the molecule is CC[C@H]1OC[C@H](C)[C@]2(C[C@H]3CC[C@]2(C)C3(C)C)O1. The van der Waals surface area contributed by atoms with E-state index in [4.69, 9.17) is 9.47 Å². The summed E-state index contributed by atoms with van der Waals surface area (Å²) in [5.41, 5.74) is 0.802. The normalized spacial score (nSPS) is 54.2. The van der Waals surface area contributed by atoms with Crippen molar-refractivity contribution in [1.29, 1.82) is 0 Å². The highest BCUT2D eigenvalue weighted by molar-refractivity contribution is 5.20. The smallest absolute Gasteiger partial charge is 0.158 e. The summed E-state index contributed by atoms with van der Waals surface area (Å²) in [6.45, 7) is 12.8. The van der Waals surface area contributed by atoms with Gasteiger partial charge in [-0.3, -0.25) is 0 Å². The maximum absolute atomic E-state index is 6.55. The quantitative estimate of drug-likeness (QED) is 0.702. The summed E-state index contributed by atoms with van der Waals surface area (Å²) in [5.74, 6) is 1.36. The van der Waals surface area contributed by atoms with E-state index in [9.17, 15) is 0 Å². The van der Waals surface area contributed by atoms with E-state index in [0.717, 1.165) is 18.9 Å². The molecule has 1 spiro atoms. The van der Waals surface area contributed by atoms with Crippen molar-refractivity contribution in [2.45, 2.75) is 72.2 Å². The van der Waals surface area contributed by atoms with Gasteiger partial charge in [-0.05, 0) is 37.0 Å². The van der Waals surface area contributed by atoms with Crippen LogP contribution in [0.25, 0.3) is 0 Å². The van der Waals surface area contributed by atoms with Gasteiger partial charge in [-0.2, -0.15) is 0 Å². The van der Waals surface area contributed by atoms with Gasteiger partial charge in [0.1, 0.15) is 0 Å². The molecule has 0 aromatic carbocycles. The van der Waals surface area contributed by atoms with Gasteiger partial charge in [0.25, 0.3) is 0 Å². The minimum atomic E-state index is 0.0215. The van der Waals surface area contributed by atoms with Crippen molar-refractivity contribution in [2.75, 3.05) is 6.61 Å². The van der Waals surface area contributed by atoms with Gasteiger partial charge in [-0.15, -0.1) is 0 Å². The molecule has 3 fully saturated rings. The lowest BCUT2D eigenvalue weighted by molar-refractivity contribution is -0.314. The second-order valence-corrected chi connectivity index (χ2v) is 7.57. The summed E-state index contributed by atoms with van der Waals surface area (Å²) in [6, 6.07) is 0. The van der Waals surface area contributed by atoms with Crippen LogP contribution in [0.2, 0.25) is 0 Å². The van der Waals surface area contributed by atoms with Crippen LogP contribution in [0.4, 0.5) is 0 Å². The third kappa shape index (κ3) is 1.27. The summed E-state index contributed by atoms with van der Waals surface area (Å²) in [5, 5.41) is 0. The zero-order valence-corrected chi connectivity index (χ0v) is 12.6. The fourth-order valence-corrected chi connectivity index (χ4v) is 5.20. The first-order valence-corrected chi connectivity index (χ1v) is 7.67. The highest BCUT2D eigenvalue weighted by Gasteiger charge is 2.71. The Balaban J connectivity index is 2.00. The monoisotopic (exact) mass is 252 g/mol. The fraction of sp³-hybridized carbons (Fsp3) is 1.00. The van der Waals surface area contributed by atoms with Gasteiger partial charge >= 0.3 is 0 Å². The van der Waals surface area contributed by atoms with Crippen LogP contribution in [0.15, 0.2) is 0 Å². The van der Waals surface area contributed by atoms with Crippen LogP contribution in [0, 0.1) is 22.7 Å². The molecule has 2 bridgehead atoms. The maximum atomic E-state index is 6.55. The average Bonchev–Trinajstić information content (AvgIpc) is 2.65. The van der Waals surface area contributed by atoms with Crippen LogP contribution < -0.4 is 0 Å². The number of rotatable bonds is 1. The zero-order valence-electron chi connectivity index (χ0n) is 12.6. The first-order valence-electron chi connectivity index (χ1n) is 7.67. The van der Waals surface area contributed by atoms with Crippen LogP contribution in [0.1, 0.15) is 60.3 Å². The Morgan fingerprint density at radius 2 is 1.94 bits per heavy atom. The average molecular weight is 252 g/mol. The Hall–Kier alpha value is -0.0800. The Bertz CT molecular complexity index is 351. The van der Waals surface area contributed by atoms with Crippen LogP contribution in [-0.2, 0) is 9.47 Å². The first kappa shape index (κ1) is 12.9. The second-order valence-electron chi connectivity index (χ2n) is 7.57. The molecular weight excluding hydrogens is 224 g/mol. The molecule has 3 rings (SSSR count). The molecule has 0 radical (unpaired) electrons. The molecule has 2 aliphatic carbocycles. The molecule has 18 heavy (non-hydrogen) atoms. The summed E-state index contributed by atoms with van der Waals surface area (Å²) in [4.78, 5) is 0. The van der Waals surface area contributed by atoms with Crippen molar-refractivity contribution in [3.63, 3.8) is 0 Å². The van der Waals surface area contributed by atoms with Crippen molar-refractivity contribution < 1.29 is 9.47 Å². The first-order chi connectivity index (χ1) is 8.37. The molecule has 0 aromatic rings. The van der Waals surface area contributed by atoms with Gasteiger partial charge in [-0.1, -0.05) is 34.6 Å². The van der Waals surface area contributed by atoms with Crippen LogP contribution >= 0.6 is 0 Å². The van der Waals surface area contributed by atoms with E-state index in [1.807, 2.05) is 0 Å². The van der Waals surface area contributed by atoms with Gasteiger partial charge in [0.2, 0.25) is 0 Å². The molecule has 5 atom stereocenters. The minimum absolute atomic E-state index is 0.0215. The second kappa shape index (κ2) is 3.73. The fourth-order valence-electron chi connectivity index (χ4n) is 5.20. The molecule has 2 nitrogen and oxygen atoms in total. The third-order valence-corrected chi connectivity index (χ3v) is 6.92. The molecule has 1 saturated heterocycles. The molecule has 1 heterocycles. The Morgan fingerprint density at radius 1 is 1.22 bits per heavy atom. The highest BCUT2D eigenvalue weighted by Crippen LogP contribution is 2.73. The van der Waals surface area contributed by atoms with Crippen LogP contribution in [0.5, 0.6) is 0 Å². The maximum Gasteiger partial charge on any atom is 0.158 e. The van der Waals surface area contributed by atoms with Gasteiger partial charge < -0.3 is 9.47 Å². The predicted octanol–water partition coefficient (Wildman–Crippen LogP) is 3.99. The number of hydrogen-bond donors (Lipinski definition) is 0. The van der Waals surface area contributed by atoms with Gasteiger partial charge in [-0.25, -0.2) is 0 Å². The van der Waals surface area contributed by atoms with E-state index >= 15 is 0 Å². The zero-order chi connectivity index (χ0) is 13.2. The van der Waals surface area contributed by atoms with E-state index in [1.54, 1.807) is 0 Å². The number of ether oxygens (including phenoxy) is 2. The van der Waals surface area contributed by atoms with E-state index in [-0.39, 0.29) is 11.9 Å². The Morgan fingerprint density at radius 3 is 2.44 bits per heavy atom. The van der Waals surface area contributed by atoms with E-state index < -0.39 is 0 Å². The number of fused-ring (bicyclic) bond motifs is 3. The van der Waals surface area contributed by atoms with E-state index in [2.05, 4.69) is 34.6 Å². The van der Waals surface area contributed by atoms with Crippen molar-refractivity contribution in [3.8, 4) is 0 Å². The standard InChI is InChI=1S/C16H28O2/c1-6-13-17-10-11(2)16(18-13)9-12-7-8-15(16,5)14(12,3)4/h11-13H,6-10H2,1-5H3/t11-,12+,13-,15+,16-/m0/s1. The molecular formula is C16H28O2. The Kier molecular flexibility index (Phi) is 2.68. The summed E-state index contributed by atoms with van der Waals surface area (Å²) < 4.78 is 12.4. The molecule has 0 aromatic heterocycles. The highest BCUT2D eigenvalue weighted by atomic mass is 16.7. The molecule has 104 valence electrons. The van der Waals surface area contributed by atoms with Crippen LogP contribution in [-0.4, -0.2) is 18.5 Å². The minimum Gasteiger partial charge on any atom is -0.352 e. The molecule has 2 saturated carbocycles. The number of hydrogen-bond acceptors (Lipinski definition) is 2. The topological polar surface area (TPSA) is 18.5 Å². The molecule has 0 amide bonds. The van der Waals surface area contributed by atoms with Crippen molar-refractivity contribution in [1.82, 2.24) is 0 Å². The van der Waals surface area contributed by atoms with Gasteiger partial charge in [0.05, 0.1) is 12.2 Å². The molecule has 1 aliphatic heterocycles.